The van der Waals surface area contributed by atoms with E-state index in [1.165, 1.54) is 5.56 Å². The van der Waals surface area contributed by atoms with E-state index in [9.17, 15) is 4.79 Å². The van der Waals surface area contributed by atoms with Gasteiger partial charge in [0.2, 0.25) is 11.7 Å². The Hall–Kier alpha value is -3.26. The van der Waals surface area contributed by atoms with E-state index >= 15 is 0 Å². The molecule has 0 spiro atoms. The van der Waals surface area contributed by atoms with Gasteiger partial charge in [0.1, 0.15) is 5.82 Å². The number of hydrogen-bond donors (Lipinski definition) is 0. The highest BCUT2D eigenvalue weighted by atomic mass is 16.5. The van der Waals surface area contributed by atoms with Crippen LogP contribution in [0, 0.1) is 6.92 Å². The highest BCUT2D eigenvalue weighted by molar-refractivity contribution is 5.89. The molecule has 1 aromatic carbocycles. The Bertz CT molecular complexity index is 1010. The zero-order valence-electron chi connectivity index (χ0n) is 18.1. The van der Waals surface area contributed by atoms with Gasteiger partial charge in [-0.05, 0) is 32.9 Å². The minimum Gasteiger partial charge on any atom is -0.462 e. The second kappa shape index (κ2) is 9.26. The molecule has 8 heteroatoms. The van der Waals surface area contributed by atoms with E-state index in [0.29, 0.717) is 23.9 Å². The van der Waals surface area contributed by atoms with Crippen LogP contribution in [0.4, 0.5) is 5.82 Å². The number of ether oxygens (including phenoxy) is 1. The lowest BCUT2D eigenvalue weighted by atomic mass is 10.1. The van der Waals surface area contributed by atoms with Crippen LogP contribution in [-0.4, -0.2) is 58.8 Å². The zero-order valence-corrected chi connectivity index (χ0v) is 18.1. The Labute approximate surface area is 181 Å². The molecule has 162 valence electrons. The maximum Gasteiger partial charge on any atom is 0.339 e. The molecule has 0 saturated carbocycles. The molecule has 2 aromatic heterocycles. The first-order valence-corrected chi connectivity index (χ1v) is 10.6. The van der Waals surface area contributed by atoms with Gasteiger partial charge in [0, 0.05) is 37.9 Å². The summed E-state index contributed by atoms with van der Waals surface area (Å²) in [5.41, 5.74) is 2.62. The fourth-order valence-corrected chi connectivity index (χ4v) is 3.63. The van der Waals surface area contributed by atoms with Gasteiger partial charge in [-0.25, -0.2) is 9.78 Å². The lowest BCUT2D eigenvalue weighted by molar-refractivity contribution is 0.0526. The number of rotatable bonds is 6. The van der Waals surface area contributed by atoms with Crippen molar-refractivity contribution >= 4 is 11.8 Å². The van der Waals surface area contributed by atoms with Crippen molar-refractivity contribution in [2.75, 3.05) is 37.7 Å². The fourth-order valence-electron chi connectivity index (χ4n) is 3.63. The van der Waals surface area contributed by atoms with Crippen LogP contribution in [-0.2, 0) is 4.74 Å². The van der Waals surface area contributed by atoms with E-state index in [2.05, 4.69) is 38.8 Å². The van der Waals surface area contributed by atoms with E-state index < -0.39 is 0 Å². The first kappa shape index (κ1) is 21.0. The smallest absolute Gasteiger partial charge is 0.339 e. The van der Waals surface area contributed by atoms with Gasteiger partial charge in [-0.1, -0.05) is 35.0 Å². The predicted molar refractivity (Wildman–Crippen MR) is 117 cm³/mol. The fraction of sp³-hybridized carbons (Fsp3) is 0.391. The number of benzene rings is 1. The van der Waals surface area contributed by atoms with E-state index in [4.69, 9.17) is 9.26 Å². The SMILES string of the molecule is CCOC(=O)c1ccc(N2CCN([C@@H](C)c3nc(-c4ccc(C)cc4)no3)CC2)nc1. The molecule has 1 aliphatic rings. The molecule has 1 saturated heterocycles. The third-order valence-electron chi connectivity index (χ3n) is 5.55. The molecule has 8 nitrogen and oxygen atoms in total. The van der Waals surface area contributed by atoms with Crippen LogP contribution in [0.3, 0.4) is 0 Å². The van der Waals surface area contributed by atoms with Crippen molar-refractivity contribution in [3.8, 4) is 11.4 Å². The van der Waals surface area contributed by atoms with Crippen molar-refractivity contribution in [3.63, 3.8) is 0 Å². The number of esters is 1. The Morgan fingerprint density at radius 1 is 1.13 bits per heavy atom. The van der Waals surface area contributed by atoms with Gasteiger partial charge >= 0.3 is 5.97 Å². The molecule has 1 fully saturated rings. The largest absolute Gasteiger partial charge is 0.462 e. The molecule has 0 bridgehead atoms. The minimum absolute atomic E-state index is 0.0352. The monoisotopic (exact) mass is 421 g/mol. The standard InChI is InChI=1S/C23H27N5O3/c1-4-30-23(29)19-9-10-20(24-15-19)28-13-11-27(12-14-28)17(3)22-25-21(26-31-22)18-7-5-16(2)6-8-18/h5-10,15,17H,4,11-14H2,1-3H3/t17-/m0/s1. The second-order valence-electron chi connectivity index (χ2n) is 7.65. The van der Waals surface area contributed by atoms with E-state index in [-0.39, 0.29) is 12.0 Å². The number of carbonyl (C=O) groups is 1. The van der Waals surface area contributed by atoms with Crippen molar-refractivity contribution in [3.05, 3.63) is 59.6 Å². The third-order valence-corrected chi connectivity index (χ3v) is 5.55. The molecule has 1 aliphatic heterocycles. The highest BCUT2D eigenvalue weighted by Gasteiger charge is 2.26. The predicted octanol–water partition coefficient (Wildman–Crippen LogP) is 3.50. The normalized spacial score (nSPS) is 15.6. The molecule has 1 atom stereocenters. The average molecular weight is 422 g/mol. The molecule has 4 rings (SSSR count). The summed E-state index contributed by atoms with van der Waals surface area (Å²) in [6, 6.07) is 11.8. The number of anilines is 1. The van der Waals surface area contributed by atoms with Gasteiger partial charge in [0.15, 0.2) is 0 Å². The molecular weight excluding hydrogens is 394 g/mol. The van der Waals surface area contributed by atoms with Crippen LogP contribution in [0.15, 0.2) is 47.1 Å². The number of aromatic nitrogens is 3. The van der Waals surface area contributed by atoms with Crippen LogP contribution < -0.4 is 4.90 Å². The maximum atomic E-state index is 11.8. The van der Waals surface area contributed by atoms with Crippen LogP contribution in [0.5, 0.6) is 0 Å². The third kappa shape index (κ3) is 4.74. The number of pyridine rings is 1. The molecule has 0 amide bonds. The first-order chi connectivity index (χ1) is 15.0. The Morgan fingerprint density at radius 3 is 2.52 bits per heavy atom. The van der Waals surface area contributed by atoms with Crippen LogP contribution in [0.2, 0.25) is 0 Å². The molecule has 0 N–H and O–H groups in total. The summed E-state index contributed by atoms with van der Waals surface area (Å²) in [5, 5.41) is 4.16. The quantitative estimate of drug-likeness (QED) is 0.559. The van der Waals surface area contributed by atoms with Gasteiger partial charge in [-0.3, -0.25) is 4.90 Å². The molecule has 31 heavy (non-hydrogen) atoms. The van der Waals surface area contributed by atoms with Crippen LogP contribution in [0.1, 0.15) is 41.7 Å². The van der Waals surface area contributed by atoms with Gasteiger partial charge < -0.3 is 14.2 Å². The van der Waals surface area contributed by atoms with Crippen LogP contribution >= 0.6 is 0 Å². The molecule has 0 radical (unpaired) electrons. The van der Waals surface area contributed by atoms with Crippen LogP contribution in [0.25, 0.3) is 11.4 Å². The van der Waals surface area contributed by atoms with Gasteiger partial charge in [-0.15, -0.1) is 0 Å². The Morgan fingerprint density at radius 2 is 1.87 bits per heavy atom. The molecular formula is C23H27N5O3. The number of carbonyl (C=O) groups excluding carboxylic acids is 1. The van der Waals surface area contributed by atoms with E-state index in [1.807, 2.05) is 30.3 Å². The maximum absolute atomic E-state index is 11.8. The second-order valence-corrected chi connectivity index (χ2v) is 7.65. The van der Waals surface area contributed by atoms with Crippen molar-refractivity contribution in [1.29, 1.82) is 0 Å². The molecule has 0 aliphatic carbocycles. The Balaban J connectivity index is 1.35. The zero-order chi connectivity index (χ0) is 21.8. The summed E-state index contributed by atoms with van der Waals surface area (Å²) < 4.78 is 10.6. The first-order valence-electron chi connectivity index (χ1n) is 10.6. The summed E-state index contributed by atoms with van der Waals surface area (Å²) >= 11 is 0. The number of piperazine rings is 1. The molecule has 3 aromatic rings. The minimum atomic E-state index is -0.343. The number of hydrogen-bond acceptors (Lipinski definition) is 8. The lowest BCUT2D eigenvalue weighted by Crippen LogP contribution is -2.47. The van der Waals surface area contributed by atoms with Crippen molar-refractivity contribution in [2.24, 2.45) is 0 Å². The van der Waals surface area contributed by atoms with Gasteiger partial charge in [-0.2, -0.15) is 4.98 Å². The van der Waals surface area contributed by atoms with E-state index in [1.54, 1.807) is 19.2 Å². The van der Waals surface area contributed by atoms with E-state index in [0.717, 1.165) is 37.6 Å². The summed E-state index contributed by atoms with van der Waals surface area (Å²) in [4.78, 5) is 25.4. The Kier molecular flexibility index (Phi) is 6.27. The summed E-state index contributed by atoms with van der Waals surface area (Å²) in [5.74, 6) is 1.76. The van der Waals surface area contributed by atoms with Crippen molar-refractivity contribution in [2.45, 2.75) is 26.8 Å². The summed E-state index contributed by atoms with van der Waals surface area (Å²) in [7, 11) is 0. The van der Waals surface area contributed by atoms with Crippen molar-refractivity contribution < 1.29 is 14.1 Å². The number of aryl methyl sites for hydroxylation is 1. The topological polar surface area (TPSA) is 84.6 Å². The summed E-state index contributed by atoms with van der Waals surface area (Å²) in [6.07, 6.45) is 1.58. The van der Waals surface area contributed by atoms with Gasteiger partial charge in [0.25, 0.3) is 0 Å². The highest BCUT2D eigenvalue weighted by Crippen LogP contribution is 2.25. The van der Waals surface area contributed by atoms with Crippen molar-refractivity contribution in [1.82, 2.24) is 20.0 Å². The number of nitrogens with zero attached hydrogens (tertiary/aromatic N) is 5. The molecule has 0 unspecified atom stereocenters. The molecule has 3 heterocycles. The lowest BCUT2D eigenvalue weighted by Gasteiger charge is -2.37. The average Bonchev–Trinajstić information content (AvgIpc) is 3.30. The van der Waals surface area contributed by atoms with Gasteiger partial charge in [0.05, 0.1) is 18.2 Å². The summed E-state index contributed by atoms with van der Waals surface area (Å²) in [6.45, 7) is 9.65.